The summed E-state index contributed by atoms with van der Waals surface area (Å²) >= 11 is 4.53. The Bertz CT molecular complexity index is 751. The summed E-state index contributed by atoms with van der Waals surface area (Å²) in [4.78, 5) is 20.9. The third-order valence-corrected chi connectivity index (χ3v) is 4.06. The molecule has 0 radical (unpaired) electrons. The van der Waals surface area contributed by atoms with Crippen LogP contribution in [0, 0.1) is 0 Å². The van der Waals surface area contributed by atoms with Gasteiger partial charge in [0.25, 0.3) is 5.91 Å². The average molecular weight is 334 g/mol. The van der Waals surface area contributed by atoms with Gasteiger partial charge in [-0.25, -0.2) is 4.98 Å². The van der Waals surface area contributed by atoms with Crippen molar-refractivity contribution in [1.29, 1.82) is 0 Å². The first-order valence-corrected chi connectivity index (χ1v) is 7.11. The smallest absolute Gasteiger partial charge is 0.267 e. The van der Waals surface area contributed by atoms with E-state index >= 15 is 0 Å². The van der Waals surface area contributed by atoms with Crippen molar-refractivity contribution in [3.05, 3.63) is 51.5 Å². The molecule has 6 heteroatoms. The number of pyridine rings is 1. The fourth-order valence-corrected chi connectivity index (χ4v) is 2.91. The van der Waals surface area contributed by atoms with Gasteiger partial charge >= 0.3 is 0 Å². The SMILES string of the molecule is O=C(Nc1cccc2cccnc12)c1cnc(Br)s1. The number of rotatable bonds is 2. The van der Waals surface area contributed by atoms with Crippen LogP contribution in [0.4, 0.5) is 5.69 Å². The highest BCUT2D eigenvalue weighted by atomic mass is 79.9. The van der Waals surface area contributed by atoms with Gasteiger partial charge in [0, 0.05) is 11.6 Å². The number of halogens is 1. The summed E-state index contributed by atoms with van der Waals surface area (Å²) in [6, 6.07) is 9.52. The number of amides is 1. The van der Waals surface area contributed by atoms with E-state index in [1.165, 1.54) is 11.3 Å². The van der Waals surface area contributed by atoms with E-state index in [0.717, 1.165) is 10.9 Å². The molecule has 0 aliphatic heterocycles. The molecule has 0 bridgehead atoms. The first kappa shape index (κ1) is 12.3. The summed E-state index contributed by atoms with van der Waals surface area (Å²) in [5, 5.41) is 3.85. The van der Waals surface area contributed by atoms with Crippen LogP contribution in [0.25, 0.3) is 10.9 Å². The number of fused-ring (bicyclic) bond motifs is 1. The quantitative estimate of drug-likeness (QED) is 0.777. The van der Waals surface area contributed by atoms with E-state index in [1.807, 2.05) is 30.3 Å². The van der Waals surface area contributed by atoms with E-state index in [4.69, 9.17) is 0 Å². The number of hydrogen-bond acceptors (Lipinski definition) is 4. The van der Waals surface area contributed by atoms with E-state index in [1.54, 1.807) is 12.4 Å². The topological polar surface area (TPSA) is 54.9 Å². The van der Waals surface area contributed by atoms with Crippen LogP contribution < -0.4 is 5.32 Å². The summed E-state index contributed by atoms with van der Waals surface area (Å²) in [6.07, 6.45) is 3.25. The Hall–Kier alpha value is -1.79. The highest BCUT2D eigenvalue weighted by Gasteiger charge is 2.11. The van der Waals surface area contributed by atoms with Gasteiger partial charge in [0.15, 0.2) is 3.92 Å². The van der Waals surface area contributed by atoms with Crippen molar-refractivity contribution in [2.75, 3.05) is 5.32 Å². The van der Waals surface area contributed by atoms with Gasteiger partial charge in [-0.1, -0.05) is 18.2 Å². The number of thiazole rings is 1. The monoisotopic (exact) mass is 333 g/mol. The summed E-state index contributed by atoms with van der Waals surface area (Å²) < 4.78 is 0.689. The number of carbonyl (C=O) groups excluding carboxylic acids is 1. The molecule has 0 saturated heterocycles. The first-order valence-electron chi connectivity index (χ1n) is 5.50. The maximum atomic E-state index is 12.1. The third-order valence-electron chi connectivity index (χ3n) is 2.58. The Labute approximate surface area is 121 Å². The second-order valence-electron chi connectivity index (χ2n) is 3.81. The van der Waals surface area contributed by atoms with Crippen molar-refractivity contribution in [2.24, 2.45) is 0 Å². The maximum Gasteiger partial charge on any atom is 0.267 e. The molecular weight excluding hydrogens is 326 g/mol. The highest BCUT2D eigenvalue weighted by Crippen LogP contribution is 2.23. The zero-order chi connectivity index (χ0) is 13.2. The predicted molar refractivity (Wildman–Crippen MR) is 79.5 cm³/mol. The van der Waals surface area contributed by atoms with Gasteiger partial charge in [0.1, 0.15) is 4.88 Å². The lowest BCUT2D eigenvalue weighted by atomic mass is 10.2. The molecule has 0 fully saturated rings. The van der Waals surface area contributed by atoms with E-state index in [-0.39, 0.29) is 5.91 Å². The van der Waals surface area contributed by atoms with Crippen molar-refractivity contribution in [1.82, 2.24) is 9.97 Å². The third kappa shape index (κ3) is 2.50. The molecule has 0 aliphatic carbocycles. The van der Waals surface area contributed by atoms with Crippen LogP contribution in [0.1, 0.15) is 9.67 Å². The Morgan fingerprint density at radius 1 is 1.21 bits per heavy atom. The van der Waals surface area contributed by atoms with Crippen LogP contribution in [0.5, 0.6) is 0 Å². The second-order valence-corrected chi connectivity index (χ2v) is 6.12. The molecule has 0 aliphatic rings. The molecule has 0 spiro atoms. The summed E-state index contributed by atoms with van der Waals surface area (Å²) in [6.45, 7) is 0. The largest absolute Gasteiger partial charge is 0.319 e. The van der Waals surface area contributed by atoms with E-state index in [2.05, 4.69) is 31.2 Å². The standard InChI is InChI=1S/C13H8BrN3OS/c14-13-16-7-10(19-13)12(18)17-9-5-1-3-8-4-2-6-15-11(8)9/h1-7H,(H,17,18). The van der Waals surface area contributed by atoms with Gasteiger partial charge in [0.05, 0.1) is 17.4 Å². The molecule has 1 N–H and O–H groups in total. The minimum atomic E-state index is -0.179. The molecular formula is C13H8BrN3OS. The van der Waals surface area contributed by atoms with Crippen LogP contribution in [-0.4, -0.2) is 15.9 Å². The number of aromatic nitrogens is 2. The Morgan fingerprint density at radius 2 is 2.05 bits per heavy atom. The lowest BCUT2D eigenvalue weighted by Crippen LogP contribution is -2.10. The van der Waals surface area contributed by atoms with Crippen LogP contribution in [0.2, 0.25) is 0 Å². The van der Waals surface area contributed by atoms with Gasteiger partial charge in [-0.3, -0.25) is 9.78 Å². The number of nitrogens with zero attached hydrogens (tertiary/aromatic N) is 2. The zero-order valence-corrected chi connectivity index (χ0v) is 12.0. The molecule has 94 valence electrons. The minimum Gasteiger partial charge on any atom is -0.319 e. The Kier molecular flexibility index (Phi) is 3.27. The number of nitrogens with one attached hydrogen (secondary N) is 1. The predicted octanol–water partition coefficient (Wildman–Crippen LogP) is 3.71. The number of benzene rings is 1. The fraction of sp³-hybridized carbons (Fsp3) is 0. The number of carbonyl (C=O) groups is 1. The Morgan fingerprint density at radius 3 is 2.84 bits per heavy atom. The molecule has 2 aromatic heterocycles. The molecule has 0 unspecified atom stereocenters. The molecule has 1 aromatic carbocycles. The van der Waals surface area contributed by atoms with Gasteiger partial charge in [0.2, 0.25) is 0 Å². The van der Waals surface area contributed by atoms with E-state index in [9.17, 15) is 4.79 Å². The number of hydrogen-bond donors (Lipinski definition) is 1. The van der Waals surface area contributed by atoms with Crippen LogP contribution in [-0.2, 0) is 0 Å². The van der Waals surface area contributed by atoms with E-state index < -0.39 is 0 Å². The lowest BCUT2D eigenvalue weighted by Gasteiger charge is -2.06. The highest BCUT2D eigenvalue weighted by molar-refractivity contribution is 9.11. The second kappa shape index (κ2) is 5.07. The zero-order valence-electron chi connectivity index (χ0n) is 9.63. The first-order chi connectivity index (χ1) is 9.24. The maximum absolute atomic E-state index is 12.1. The molecule has 4 nitrogen and oxygen atoms in total. The fourth-order valence-electron chi connectivity index (χ4n) is 1.75. The van der Waals surface area contributed by atoms with Gasteiger partial charge in [-0.15, -0.1) is 11.3 Å². The normalized spacial score (nSPS) is 10.6. The van der Waals surface area contributed by atoms with Crippen molar-refractivity contribution in [3.8, 4) is 0 Å². The van der Waals surface area contributed by atoms with Crippen molar-refractivity contribution >= 4 is 49.8 Å². The molecule has 19 heavy (non-hydrogen) atoms. The molecule has 0 saturated carbocycles. The number of para-hydroxylation sites is 1. The average Bonchev–Trinajstić information content (AvgIpc) is 2.86. The van der Waals surface area contributed by atoms with Crippen LogP contribution in [0.3, 0.4) is 0 Å². The summed E-state index contributed by atoms with van der Waals surface area (Å²) in [7, 11) is 0. The van der Waals surface area contributed by atoms with E-state index in [0.29, 0.717) is 14.5 Å². The summed E-state index contributed by atoms with van der Waals surface area (Å²) in [5.74, 6) is -0.179. The molecule has 3 rings (SSSR count). The minimum absolute atomic E-state index is 0.179. The molecule has 1 amide bonds. The molecule has 2 heterocycles. The van der Waals surface area contributed by atoms with Crippen LogP contribution >= 0.6 is 27.3 Å². The van der Waals surface area contributed by atoms with Crippen LogP contribution in [0.15, 0.2) is 46.6 Å². The Balaban J connectivity index is 1.95. The molecule has 3 aromatic rings. The van der Waals surface area contributed by atoms with Gasteiger partial charge < -0.3 is 5.32 Å². The summed E-state index contributed by atoms with van der Waals surface area (Å²) in [5.41, 5.74) is 1.48. The van der Waals surface area contributed by atoms with Crippen molar-refractivity contribution in [3.63, 3.8) is 0 Å². The van der Waals surface area contributed by atoms with Crippen molar-refractivity contribution in [2.45, 2.75) is 0 Å². The van der Waals surface area contributed by atoms with Gasteiger partial charge in [-0.05, 0) is 28.1 Å². The lowest BCUT2D eigenvalue weighted by molar-refractivity contribution is 0.103. The molecule has 0 atom stereocenters. The van der Waals surface area contributed by atoms with Crippen molar-refractivity contribution < 1.29 is 4.79 Å². The van der Waals surface area contributed by atoms with Gasteiger partial charge in [-0.2, -0.15) is 0 Å². The number of anilines is 1.